The summed E-state index contributed by atoms with van der Waals surface area (Å²) in [5, 5.41) is 20.5. The van der Waals surface area contributed by atoms with Gasteiger partial charge >= 0.3 is 17.6 Å². The van der Waals surface area contributed by atoms with Crippen LogP contribution in [-0.4, -0.2) is 35.2 Å². The minimum Gasteiger partial charge on any atom is -0.494 e. The Bertz CT molecular complexity index is 1280. The predicted octanol–water partition coefficient (Wildman–Crippen LogP) is 6.46. The van der Waals surface area contributed by atoms with Crippen molar-refractivity contribution >= 4 is 17.6 Å². The second-order valence-corrected chi connectivity index (χ2v) is 8.44. The van der Waals surface area contributed by atoms with Crippen LogP contribution in [0.4, 0.5) is 5.69 Å². The van der Waals surface area contributed by atoms with Crippen LogP contribution < -0.4 is 14.2 Å². The number of carbonyl (C=O) groups is 2. The van der Waals surface area contributed by atoms with Crippen LogP contribution in [0.3, 0.4) is 0 Å². The zero-order valence-electron chi connectivity index (χ0n) is 21.1. The lowest BCUT2D eigenvalue weighted by atomic mass is 10.0. The highest BCUT2D eigenvalue weighted by atomic mass is 16.6. The molecule has 0 fully saturated rings. The molecule has 0 aliphatic heterocycles. The first-order valence-electron chi connectivity index (χ1n) is 12.2. The molecule has 3 rings (SSSR count). The number of esters is 1. The highest BCUT2D eigenvalue weighted by Crippen LogP contribution is 2.33. The number of nitro groups is 1. The van der Waals surface area contributed by atoms with Crippen LogP contribution >= 0.6 is 0 Å². The lowest BCUT2D eigenvalue weighted by Crippen LogP contribution is -2.10. The molecule has 0 unspecified atom stereocenters. The monoisotopic (exact) mass is 519 g/mol. The topological polar surface area (TPSA) is 125 Å². The summed E-state index contributed by atoms with van der Waals surface area (Å²) >= 11 is 0. The number of nitro benzene ring substituents is 1. The highest BCUT2D eigenvalue weighted by Gasteiger charge is 2.20. The number of carboxylic acids is 1. The molecule has 0 aliphatic rings. The van der Waals surface area contributed by atoms with Crippen molar-refractivity contribution in [3.63, 3.8) is 0 Å². The number of hydrogen-bond acceptors (Lipinski definition) is 7. The first kappa shape index (κ1) is 27.9. The van der Waals surface area contributed by atoms with Crippen LogP contribution in [-0.2, 0) is 4.79 Å². The number of hydrogen-bond donors (Lipinski definition) is 1. The van der Waals surface area contributed by atoms with Gasteiger partial charge in [0.25, 0.3) is 0 Å². The Morgan fingerprint density at radius 1 is 0.895 bits per heavy atom. The Hall–Kier alpha value is -4.66. The van der Waals surface area contributed by atoms with Gasteiger partial charge in [0, 0.05) is 11.6 Å². The molecule has 1 N–H and O–H groups in total. The quantitative estimate of drug-likeness (QED) is 0.0642. The normalized spacial score (nSPS) is 10.4. The molecule has 0 heterocycles. The molecule has 198 valence electrons. The molecule has 9 heteroatoms. The van der Waals surface area contributed by atoms with Gasteiger partial charge in [0.05, 0.1) is 23.7 Å². The van der Waals surface area contributed by atoms with Gasteiger partial charge in [-0.2, -0.15) is 0 Å². The van der Waals surface area contributed by atoms with E-state index in [0.29, 0.717) is 49.5 Å². The minimum atomic E-state index is -1.00. The third-order valence-corrected chi connectivity index (χ3v) is 5.55. The van der Waals surface area contributed by atoms with Crippen LogP contribution in [0.2, 0.25) is 0 Å². The van der Waals surface area contributed by atoms with Gasteiger partial charge in [0.15, 0.2) is 0 Å². The van der Waals surface area contributed by atoms with Crippen LogP contribution in [0.25, 0.3) is 11.1 Å². The summed E-state index contributed by atoms with van der Waals surface area (Å²) < 4.78 is 16.5. The van der Waals surface area contributed by atoms with Gasteiger partial charge in [-0.1, -0.05) is 31.7 Å². The van der Waals surface area contributed by atoms with Crippen molar-refractivity contribution < 1.29 is 33.8 Å². The van der Waals surface area contributed by atoms with Gasteiger partial charge in [-0.3, -0.25) is 10.1 Å². The van der Waals surface area contributed by atoms with Crippen molar-refractivity contribution in [2.24, 2.45) is 0 Å². The minimum absolute atomic E-state index is 0.157. The largest absolute Gasteiger partial charge is 0.494 e. The molecule has 9 nitrogen and oxygen atoms in total. The van der Waals surface area contributed by atoms with E-state index in [-0.39, 0.29) is 22.6 Å². The average Bonchev–Trinajstić information content (AvgIpc) is 2.92. The standard InChI is InChI=1S/C29H29NO8/c1-3-17-36-24-12-7-21(8-13-24)23-11-16-27(26(19-23)30(34)35)38-29(33)22-9-14-25(15-10-22)37-18-5-4-6-20(2)28(31)32/h7-16,19H,2-6,17-18H2,1H3,(H,31,32). The molecule has 38 heavy (non-hydrogen) atoms. The van der Waals surface area contributed by atoms with E-state index in [2.05, 4.69) is 6.58 Å². The first-order chi connectivity index (χ1) is 18.3. The van der Waals surface area contributed by atoms with Gasteiger partial charge in [0.2, 0.25) is 5.75 Å². The van der Waals surface area contributed by atoms with E-state index in [0.717, 1.165) is 12.0 Å². The Labute approximate surface area is 220 Å². The second kappa shape index (κ2) is 13.6. The zero-order valence-corrected chi connectivity index (χ0v) is 21.1. The lowest BCUT2D eigenvalue weighted by Gasteiger charge is -2.09. The molecule has 0 aliphatic carbocycles. The van der Waals surface area contributed by atoms with E-state index >= 15 is 0 Å². The average molecular weight is 520 g/mol. The van der Waals surface area contributed by atoms with Gasteiger partial charge in [-0.25, -0.2) is 9.59 Å². The molecule has 0 saturated heterocycles. The molecular formula is C29H29NO8. The molecule has 3 aromatic rings. The Morgan fingerprint density at radius 3 is 2.11 bits per heavy atom. The first-order valence-corrected chi connectivity index (χ1v) is 12.2. The molecule has 0 radical (unpaired) electrons. The third-order valence-electron chi connectivity index (χ3n) is 5.55. The van der Waals surface area contributed by atoms with Crippen LogP contribution in [0.15, 0.2) is 78.9 Å². The maximum absolute atomic E-state index is 12.6. The molecule has 0 atom stereocenters. The molecule has 0 bridgehead atoms. The van der Waals surface area contributed by atoms with Gasteiger partial charge < -0.3 is 19.3 Å². The van der Waals surface area contributed by atoms with Gasteiger partial charge in [-0.05, 0) is 79.3 Å². The maximum Gasteiger partial charge on any atom is 0.343 e. The lowest BCUT2D eigenvalue weighted by molar-refractivity contribution is -0.385. The molecule has 0 saturated carbocycles. The number of ether oxygens (including phenoxy) is 3. The van der Waals surface area contributed by atoms with Crippen LogP contribution in [0.5, 0.6) is 17.2 Å². The van der Waals surface area contributed by atoms with E-state index in [9.17, 15) is 19.7 Å². The van der Waals surface area contributed by atoms with E-state index in [1.807, 2.05) is 19.1 Å². The number of carbonyl (C=O) groups excluding carboxylic acids is 1. The second-order valence-electron chi connectivity index (χ2n) is 8.44. The Morgan fingerprint density at radius 2 is 1.50 bits per heavy atom. The number of carboxylic acid groups (broad SMARTS) is 1. The summed E-state index contributed by atoms with van der Waals surface area (Å²) in [5.41, 5.74) is 1.41. The van der Waals surface area contributed by atoms with Crippen molar-refractivity contribution in [2.45, 2.75) is 32.6 Å². The summed E-state index contributed by atoms with van der Waals surface area (Å²) in [6, 6.07) is 17.9. The number of nitrogens with zero attached hydrogens (tertiary/aromatic N) is 1. The number of aliphatic carboxylic acids is 1. The van der Waals surface area contributed by atoms with Crippen molar-refractivity contribution in [2.75, 3.05) is 13.2 Å². The summed E-state index contributed by atoms with van der Waals surface area (Å²) in [7, 11) is 0. The van der Waals surface area contributed by atoms with Crippen LogP contribution in [0, 0.1) is 10.1 Å². The van der Waals surface area contributed by atoms with Crippen molar-refractivity contribution in [3.8, 4) is 28.4 Å². The molecule has 0 amide bonds. The molecule has 0 aromatic heterocycles. The van der Waals surface area contributed by atoms with Gasteiger partial charge in [0.1, 0.15) is 11.5 Å². The Kier molecular flexibility index (Phi) is 9.99. The summed E-state index contributed by atoms with van der Waals surface area (Å²) in [4.78, 5) is 34.5. The fourth-order valence-electron chi connectivity index (χ4n) is 3.47. The van der Waals surface area contributed by atoms with Crippen molar-refractivity contribution in [1.29, 1.82) is 0 Å². The van der Waals surface area contributed by atoms with E-state index in [1.54, 1.807) is 30.3 Å². The molecule has 0 spiro atoms. The van der Waals surface area contributed by atoms with Crippen molar-refractivity contribution in [1.82, 2.24) is 0 Å². The summed E-state index contributed by atoms with van der Waals surface area (Å²) in [6.45, 7) is 6.48. The smallest absolute Gasteiger partial charge is 0.343 e. The third kappa shape index (κ3) is 7.92. The van der Waals surface area contributed by atoms with E-state index in [4.69, 9.17) is 19.3 Å². The Balaban J connectivity index is 1.60. The zero-order chi connectivity index (χ0) is 27.5. The van der Waals surface area contributed by atoms with Crippen molar-refractivity contribution in [3.05, 3.63) is 94.6 Å². The molecular weight excluding hydrogens is 490 g/mol. The van der Waals surface area contributed by atoms with E-state index in [1.165, 1.54) is 24.3 Å². The van der Waals surface area contributed by atoms with E-state index < -0.39 is 16.9 Å². The summed E-state index contributed by atoms with van der Waals surface area (Å²) in [5.74, 6) is -0.654. The SMILES string of the molecule is C=C(CCCCOc1ccc(C(=O)Oc2ccc(-c3ccc(OCCC)cc3)cc2[N+](=O)[O-])cc1)C(=O)O. The number of rotatable bonds is 14. The number of benzene rings is 3. The fraction of sp³-hybridized carbons (Fsp3) is 0.241. The predicted molar refractivity (Wildman–Crippen MR) is 142 cm³/mol. The summed E-state index contributed by atoms with van der Waals surface area (Å²) in [6.07, 6.45) is 2.55. The molecule has 3 aromatic carbocycles. The van der Waals surface area contributed by atoms with Gasteiger partial charge in [-0.15, -0.1) is 0 Å². The number of unbranched alkanes of at least 4 members (excludes halogenated alkanes) is 1. The maximum atomic E-state index is 12.6. The van der Waals surface area contributed by atoms with Crippen LogP contribution in [0.1, 0.15) is 43.0 Å². The highest BCUT2D eigenvalue weighted by molar-refractivity contribution is 5.92. The fourth-order valence-corrected chi connectivity index (χ4v) is 3.47.